The lowest BCUT2D eigenvalue weighted by atomic mass is 10.1. The predicted octanol–water partition coefficient (Wildman–Crippen LogP) is 3.08. The minimum atomic E-state index is 0.366. The Balaban J connectivity index is 2.74. The van der Waals surface area contributed by atoms with Crippen LogP contribution in [0.2, 0.25) is 0 Å². The quantitative estimate of drug-likeness (QED) is 0.751. The van der Waals surface area contributed by atoms with Crippen molar-refractivity contribution in [3.63, 3.8) is 0 Å². The fourth-order valence-corrected chi connectivity index (χ4v) is 2.45. The molecule has 1 atom stereocenters. The summed E-state index contributed by atoms with van der Waals surface area (Å²) in [4.78, 5) is 2.42. The first-order chi connectivity index (χ1) is 9.58. The van der Waals surface area contributed by atoms with Crippen LogP contribution in [-0.4, -0.2) is 39.4 Å². The van der Waals surface area contributed by atoms with E-state index >= 15 is 0 Å². The molecule has 0 aromatic heterocycles. The maximum atomic E-state index is 5.41. The van der Waals surface area contributed by atoms with Crippen molar-refractivity contribution >= 4 is 5.69 Å². The van der Waals surface area contributed by atoms with Gasteiger partial charge < -0.3 is 15.0 Å². The van der Waals surface area contributed by atoms with Gasteiger partial charge >= 0.3 is 0 Å². The number of ether oxygens (including phenoxy) is 1. The molecule has 0 heterocycles. The SMILES string of the molecule is CCN(c1cccc(C)c1)C(CNCC(C)C)COC. The Hall–Kier alpha value is -1.06. The first-order valence-corrected chi connectivity index (χ1v) is 7.61. The minimum absolute atomic E-state index is 0.366. The van der Waals surface area contributed by atoms with Crippen LogP contribution in [0.1, 0.15) is 26.3 Å². The van der Waals surface area contributed by atoms with Gasteiger partial charge in [-0.15, -0.1) is 0 Å². The van der Waals surface area contributed by atoms with Crippen LogP contribution in [0.4, 0.5) is 5.69 Å². The normalized spacial score (nSPS) is 12.7. The van der Waals surface area contributed by atoms with Gasteiger partial charge in [0.1, 0.15) is 0 Å². The van der Waals surface area contributed by atoms with E-state index in [0.717, 1.165) is 26.2 Å². The molecule has 1 unspecified atom stereocenters. The van der Waals surface area contributed by atoms with Crippen LogP contribution in [0.15, 0.2) is 24.3 Å². The number of rotatable bonds is 9. The van der Waals surface area contributed by atoms with Crippen molar-refractivity contribution in [3.05, 3.63) is 29.8 Å². The van der Waals surface area contributed by atoms with Crippen LogP contribution in [0.3, 0.4) is 0 Å². The van der Waals surface area contributed by atoms with Gasteiger partial charge in [0.05, 0.1) is 12.6 Å². The van der Waals surface area contributed by atoms with Crippen LogP contribution in [0, 0.1) is 12.8 Å². The van der Waals surface area contributed by atoms with E-state index in [9.17, 15) is 0 Å². The number of hydrogen-bond acceptors (Lipinski definition) is 3. The van der Waals surface area contributed by atoms with Gasteiger partial charge in [-0.1, -0.05) is 26.0 Å². The second-order valence-electron chi connectivity index (χ2n) is 5.79. The summed E-state index contributed by atoms with van der Waals surface area (Å²) in [6.45, 7) is 12.5. The molecule has 0 spiro atoms. The molecule has 0 saturated heterocycles. The molecule has 3 nitrogen and oxygen atoms in total. The number of aryl methyl sites for hydroxylation is 1. The number of anilines is 1. The molecule has 0 fully saturated rings. The second kappa shape index (κ2) is 8.98. The topological polar surface area (TPSA) is 24.5 Å². The number of methoxy groups -OCH3 is 1. The van der Waals surface area contributed by atoms with E-state index in [1.54, 1.807) is 7.11 Å². The lowest BCUT2D eigenvalue weighted by Crippen LogP contribution is -2.46. The van der Waals surface area contributed by atoms with E-state index < -0.39 is 0 Å². The fourth-order valence-electron chi connectivity index (χ4n) is 2.45. The lowest BCUT2D eigenvalue weighted by Gasteiger charge is -2.33. The predicted molar refractivity (Wildman–Crippen MR) is 87.6 cm³/mol. The van der Waals surface area contributed by atoms with Gasteiger partial charge in [-0.05, 0) is 44.0 Å². The number of nitrogens with one attached hydrogen (secondary N) is 1. The van der Waals surface area contributed by atoms with Crippen molar-refractivity contribution in [2.24, 2.45) is 5.92 Å². The highest BCUT2D eigenvalue weighted by Crippen LogP contribution is 2.18. The van der Waals surface area contributed by atoms with Crippen molar-refractivity contribution < 1.29 is 4.74 Å². The molecule has 1 rings (SSSR count). The van der Waals surface area contributed by atoms with Crippen LogP contribution in [-0.2, 0) is 4.74 Å². The fraction of sp³-hybridized carbons (Fsp3) is 0.647. The van der Waals surface area contributed by atoms with Crippen molar-refractivity contribution in [3.8, 4) is 0 Å². The van der Waals surface area contributed by atoms with Crippen LogP contribution in [0.5, 0.6) is 0 Å². The lowest BCUT2D eigenvalue weighted by molar-refractivity contribution is 0.175. The van der Waals surface area contributed by atoms with E-state index in [-0.39, 0.29) is 0 Å². The first kappa shape index (κ1) is 17.0. The standard InChI is InChI=1S/C17H30N2O/c1-6-19(16-9-7-8-15(4)10-16)17(13-20-5)12-18-11-14(2)3/h7-10,14,17-18H,6,11-13H2,1-5H3. The molecule has 0 aliphatic carbocycles. The van der Waals surface area contributed by atoms with E-state index in [1.165, 1.54) is 11.3 Å². The van der Waals surface area contributed by atoms with Gasteiger partial charge in [0.2, 0.25) is 0 Å². The number of likely N-dealkylation sites (N-methyl/N-ethyl adjacent to an activating group) is 1. The summed E-state index contributed by atoms with van der Waals surface area (Å²) in [5.74, 6) is 0.673. The Bertz CT molecular complexity index is 379. The van der Waals surface area contributed by atoms with Crippen molar-refractivity contribution in [1.29, 1.82) is 0 Å². The molecule has 20 heavy (non-hydrogen) atoms. The number of nitrogens with zero attached hydrogens (tertiary/aromatic N) is 1. The Morgan fingerprint density at radius 3 is 2.55 bits per heavy atom. The molecule has 0 aliphatic rings. The largest absolute Gasteiger partial charge is 0.383 e. The van der Waals surface area contributed by atoms with Crippen LogP contribution < -0.4 is 10.2 Å². The van der Waals surface area contributed by atoms with Crippen LogP contribution >= 0.6 is 0 Å². The van der Waals surface area contributed by atoms with Gasteiger partial charge in [-0.25, -0.2) is 0 Å². The third kappa shape index (κ3) is 5.51. The third-order valence-corrected chi connectivity index (χ3v) is 3.41. The van der Waals surface area contributed by atoms with Crippen LogP contribution in [0.25, 0.3) is 0 Å². The first-order valence-electron chi connectivity index (χ1n) is 7.61. The molecule has 1 aromatic rings. The summed E-state index contributed by atoms with van der Waals surface area (Å²) in [7, 11) is 1.78. The maximum Gasteiger partial charge on any atom is 0.0678 e. The van der Waals surface area contributed by atoms with Gasteiger partial charge in [0, 0.05) is 25.9 Å². The van der Waals surface area contributed by atoms with Gasteiger partial charge in [-0.3, -0.25) is 0 Å². The molecule has 0 radical (unpaired) electrons. The maximum absolute atomic E-state index is 5.41. The van der Waals surface area contributed by atoms with E-state index in [0.29, 0.717) is 12.0 Å². The zero-order valence-electron chi connectivity index (χ0n) is 13.6. The highest BCUT2D eigenvalue weighted by atomic mass is 16.5. The molecular weight excluding hydrogens is 248 g/mol. The zero-order chi connectivity index (χ0) is 15.0. The summed E-state index contributed by atoms with van der Waals surface area (Å²) in [5, 5.41) is 3.55. The molecule has 1 N–H and O–H groups in total. The Morgan fingerprint density at radius 1 is 1.25 bits per heavy atom. The van der Waals surface area contributed by atoms with Gasteiger partial charge in [0.25, 0.3) is 0 Å². The Kier molecular flexibility index (Phi) is 7.63. The molecule has 0 saturated carbocycles. The molecular formula is C17H30N2O. The highest BCUT2D eigenvalue weighted by Gasteiger charge is 2.17. The van der Waals surface area contributed by atoms with Crippen molar-refractivity contribution in [1.82, 2.24) is 5.32 Å². The molecule has 1 aromatic carbocycles. The Labute approximate surface area is 124 Å². The number of benzene rings is 1. The molecule has 0 bridgehead atoms. The van der Waals surface area contributed by atoms with Gasteiger partial charge in [-0.2, -0.15) is 0 Å². The minimum Gasteiger partial charge on any atom is -0.383 e. The third-order valence-electron chi connectivity index (χ3n) is 3.41. The summed E-state index contributed by atoms with van der Waals surface area (Å²) in [6.07, 6.45) is 0. The van der Waals surface area contributed by atoms with E-state index in [1.807, 2.05) is 0 Å². The monoisotopic (exact) mass is 278 g/mol. The summed E-state index contributed by atoms with van der Waals surface area (Å²) >= 11 is 0. The zero-order valence-corrected chi connectivity index (χ0v) is 13.6. The summed E-state index contributed by atoms with van der Waals surface area (Å²) in [6, 6.07) is 9.06. The summed E-state index contributed by atoms with van der Waals surface area (Å²) in [5.41, 5.74) is 2.58. The van der Waals surface area contributed by atoms with E-state index in [2.05, 4.69) is 62.2 Å². The smallest absolute Gasteiger partial charge is 0.0678 e. The average Bonchev–Trinajstić information content (AvgIpc) is 2.39. The molecule has 114 valence electrons. The molecule has 0 amide bonds. The average molecular weight is 278 g/mol. The molecule has 3 heteroatoms. The highest BCUT2D eigenvalue weighted by molar-refractivity contribution is 5.49. The van der Waals surface area contributed by atoms with Crippen molar-refractivity contribution in [2.75, 3.05) is 38.3 Å². The summed E-state index contributed by atoms with van der Waals surface area (Å²) < 4.78 is 5.41. The Morgan fingerprint density at radius 2 is 2.00 bits per heavy atom. The molecule has 0 aliphatic heterocycles. The van der Waals surface area contributed by atoms with E-state index in [4.69, 9.17) is 4.74 Å². The number of hydrogen-bond donors (Lipinski definition) is 1. The second-order valence-corrected chi connectivity index (χ2v) is 5.79. The van der Waals surface area contributed by atoms with Crippen molar-refractivity contribution in [2.45, 2.75) is 33.7 Å². The van der Waals surface area contributed by atoms with Gasteiger partial charge in [0.15, 0.2) is 0 Å².